The first-order chi connectivity index (χ1) is 19.0. The van der Waals surface area contributed by atoms with Gasteiger partial charge in [0.2, 0.25) is 5.75 Å². The zero-order chi connectivity index (χ0) is 28.8. The average Bonchev–Trinajstić information content (AvgIpc) is 2.89. The molecule has 9 nitrogen and oxygen atoms in total. The molecule has 1 aliphatic heterocycles. The Balaban J connectivity index is 1.53. The van der Waals surface area contributed by atoms with Gasteiger partial charge in [0.15, 0.2) is 11.6 Å². The maximum atomic E-state index is 13.2. The minimum absolute atomic E-state index is 0.100. The quantitative estimate of drug-likeness (QED) is 0.344. The summed E-state index contributed by atoms with van der Waals surface area (Å²) in [6.07, 6.45) is -2.11. The molecular formula is C28H23F3N2O7. The van der Waals surface area contributed by atoms with Crippen molar-refractivity contribution in [1.82, 2.24) is 4.90 Å². The van der Waals surface area contributed by atoms with Crippen molar-refractivity contribution >= 4 is 23.2 Å². The smallest absolute Gasteiger partial charge is 0.416 e. The van der Waals surface area contributed by atoms with Gasteiger partial charge in [-0.3, -0.25) is 24.5 Å². The molecule has 0 bridgehead atoms. The summed E-state index contributed by atoms with van der Waals surface area (Å²) in [4.78, 5) is 50.1. The number of carboxylic acids is 1. The number of hydrogen-bond acceptors (Lipinski definition) is 7. The van der Waals surface area contributed by atoms with Gasteiger partial charge in [0.1, 0.15) is 12.3 Å². The largest absolute Gasteiger partial charge is 0.480 e. The normalized spacial score (nSPS) is 18.0. The van der Waals surface area contributed by atoms with E-state index in [9.17, 15) is 42.8 Å². The summed E-state index contributed by atoms with van der Waals surface area (Å²) >= 11 is 0. The number of carbonyl (C=O) groups excluding carboxylic acids is 2. The van der Waals surface area contributed by atoms with Crippen molar-refractivity contribution in [3.05, 3.63) is 86.2 Å². The van der Waals surface area contributed by atoms with Crippen LogP contribution in [0.15, 0.2) is 65.0 Å². The standard InChI is InChI=1S/C28H23F3N2O7/c29-28(30,31)16-9-12-23(20(13-16)33(38)39)40-17-10-7-15(8-11-17)25-26-18(3-1-5-21(26)34)32(14-24(36)37)19-4-2-6-22(35)27(19)25/h7-13,25H,1-6,14H2,(H,36,37). The first kappa shape index (κ1) is 27.1. The van der Waals surface area contributed by atoms with E-state index in [1.807, 2.05) is 0 Å². The fraction of sp³-hybridized carbons (Fsp3) is 0.321. The number of allylic oxidation sites excluding steroid dienone is 4. The van der Waals surface area contributed by atoms with Crippen LogP contribution in [-0.2, 0) is 20.6 Å². The number of ether oxygens (including phenoxy) is 1. The van der Waals surface area contributed by atoms with E-state index in [0.29, 0.717) is 65.9 Å². The number of nitrogens with zero attached hydrogens (tertiary/aromatic N) is 2. The van der Waals surface area contributed by atoms with Crippen molar-refractivity contribution in [3.8, 4) is 11.5 Å². The highest BCUT2D eigenvalue weighted by Gasteiger charge is 2.43. The third-order valence-corrected chi connectivity index (χ3v) is 7.30. The molecule has 0 saturated heterocycles. The molecule has 208 valence electrons. The average molecular weight is 556 g/mol. The van der Waals surface area contributed by atoms with Gasteiger partial charge < -0.3 is 14.7 Å². The topological polar surface area (TPSA) is 127 Å². The van der Waals surface area contributed by atoms with Crippen LogP contribution < -0.4 is 4.74 Å². The van der Waals surface area contributed by atoms with Gasteiger partial charge in [-0.05, 0) is 55.5 Å². The third kappa shape index (κ3) is 4.96. The van der Waals surface area contributed by atoms with Crippen LogP contribution in [0.3, 0.4) is 0 Å². The summed E-state index contributed by atoms with van der Waals surface area (Å²) in [5.74, 6) is -2.38. The number of Topliss-reactive ketones (excluding diaryl/α,β-unsaturated/α-hetero) is 2. The number of nitro groups is 1. The number of hydrogen-bond donors (Lipinski definition) is 1. The molecule has 0 radical (unpaired) electrons. The maximum absolute atomic E-state index is 13.2. The SMILES string of the molecule is O=C(O)CN1C2=C(C(=O)CCC2)C(c2ccc(Oc3ccc(C(F)(F)F)cc3[N+](=O)[O-])cc2)C2=C1CCCC2=O. The van der Waals surface area contributed by atoms with E-state index in [4.69, 9.17) is 4.74 Å². The van der Waals surface area contributed by atoms with Gasteiger partial charge in [0.05, 0.1) is 10.5 Å². The first-order valence-electron chi connectivity index (χ1n) is 12.6. The summed E-state index contributed by atoms with van der Waals surface area (Å²) in [6, 6.07) is 8.09. The molecule has 12 heteroatoms. The van der Waals surface area contributed by atoms with E-state index in [1.165, 1.54) is 12.1 Å². The van der Waals surface area contributed by atoms with E-state index < -0.39 is 34.2 Å². The summed E-state index contributed by atoms with van der Waals surface area (Å²) in [6.45, 7) is -0.358. The van der Waals surface area contributed by atoms with Crippen LogP contribution in [0.2, 0.25) is 0 Å². The van der Waals surface area contributed by atoms with E-state index in [-0.39, 0.29) is 42.5 Å². The maximum Gasteiger partial charge on any atom is 0.416 e. The van der Waals surface area contributed by atoms with Crippen LogP contribution in [-0.4, -0.2) is 39.0 Å². The predicted octanol–water partition coefficient (Wildman–Crippen LogP) is 5.90. The minimum Gasteiger partial charge on any atom is -0.480 e. The number of halogens is 3. The lowest BCUT2D eigenvalue weighted by Gasteiger charge is -2.43. The molecule has 2 aromatic carbocycles. The van der Waals surface area contributed by atoms with Crippen molar-refractivity contribution < 1.29 is 42.3 Å². The van der Waals surface area contributed by atoms with Gasteiger partial charge in [-0.25, -0.2) is 0 Å². The van der Waals surface area contributed by atoms with Gasteiger partial charge in [-0.1, -0.05) is 12.1 Å². The van der Waals surface area contributed by atoms with Crippen molar-refractivity contribution in [1.29, 1.82) is 0 Å². The number of ketones is 2. The molecule has 0 atom stereocenters. The minimum atomic E-state index is -4.76. The number of aliphatic carboxylic acids is 1. The Bertz CT molecular complexity index is 1450. The molecule has 0 unspecified atom stereocenters. The number of benzene rings is 2. The molecule has 40 heavy (non-hydrogen) atoms. The van der Waals surface area contributed by atoms with Crippen LogP contribution in [0.5, 0.6) is 11.5 Å². The number of alkyl halides is 3. The number of rotatable bonds is 6. The van der Waals surface area contributed by atoms with E-state index in [2.05, 4.69) is 0 Å². The molecule has 0 spiro atoms. The Morgan fingerprint density at radius 3 is 2.05 bits per heavy atom. The lowest BCUT2D eigenvalue weighted by Crippen LogP contribution is -2.41. The highest BCUT2D eigenvalue weighted by Crippen LogP contribution is 2.49. The lowest BCUT2D eigenvalue weighted by molar-refractivity contribution is -0.385. The zero-order valence-corrected chi connectivity index (χ0v) is 21.0. The van der Waals surface area contributed by atoms with Gasteiger partial charge in [0.25, 0.3) is 0 Å². The number of carbonyl (C=O) groups is 3. The molecule has 0 amide bonds. The fourth-order valence-corrected chi connectivity index (χ4v) is 5.65. The Morgan fingerprint density at radius 1 is 0.975 bits per heavy atom. The lowest BCUT2D eigenvalue weighted by atomic mass is 9.71. The van der Waals surface area contributed by atoms with E-state index in [0.717, 1.165) is 6.07 Å². The molecule has 2 aromatic rings. The number of nitro benzene ring substituents is 1. The highest BCUT2D eigenvalue weighted by atomic mass is 19.4. The molecular weight excluding hydrogens is 533 g/mol. The predicted molar refractivity (Wildman–Crippen MR) is 133 cm³/mol. The third-order valence-electron chi connectivity index (χ3n) is 7.30. The Hall–Kier alpha value is -4.48. The van der Waals surface area contributed by atoms with E-state index >= 15 is 0 Å². The van der Waals surface area contributed by atoms with Gasteiger partial charge >= 0.3 is 17.8 Å². The van der Waals surface area contributed by atoms with Crippen molar-refractivity contribution in [2.24, 2.45) is 0 Å². The van der Waals surface area contributed by atoms with Crippen molar-refractivity contribution in [3.63, 3.8) is 0 Å². The van der Waals surface area contributed by atoms with Crippen LogP contribution in [0.25, 0.3) is 0 Å². The highest BCUT2D eigenvalue weighted by molar-refractivity contribution is 6.06. The summed E-state index contributed by atoms with van der Waals surface area (Å²) in [7, 11) is 0. The second-order valence-electron chi connectivity index (χ2n) is 9.80. The molecule has 0 saturated carbocycles. The van der Waals surface area contributed by atoms with Gasteiger partial charge in [-0.15, -0.1) is 0 Å². The Kier molecular flexibility index (Phi) is 6.94. The van der Waals surface area contributed by atoms with Crippen LogP contribution in [0.4, 0.5) is 18.9 Å². The van der Waals surface area contributed by atoms with Crippen molar-refractivity contribution in [2.75, 3.05) is 6.54 Å². The molecule has 0 aromatic heterocycles. The second-order valence-corrected chi connectivity index (χ2v) is 9.80. The molecule has 1 heterocycles. The molecule has 1 N–H and O–H groups in total. The van der Waals surface area contributed by atoms with Crippen molar-refractivity contribution in [2.45, 2.75) is 50.6 Å². The van der Waals surface area contributed by atoms with Gasteiger partial charge in [0, 0.05) is 47.4 Å². The Morgan fingerprint density at radius 2 is 1.55 bits per heavy atom. The summed E-state index contributed by atoms with van der Waals surface area (Å²) in [5, 5.41) is 21.0. The van der Waals surface area contributed by atoms with Crippen LogP contribution >= 0.6 is 0 Å². The summed E-state index contributed by atoms with van der Waals surface area (Å²) < 4.78 is 44.7. The van der Waals surface area contributed by atoms with Crippen LogP contribution in [0.1, 0.15) is 55.6 Å². The molecule has 5 rings (SSSR count). The first-order valence-corrected chi connectivity index (χ1v) is 12.6. The number of carboxylic acid groups (broad SMARTS) is 1. The van der Waals surface area contributed by atoms with Crippen LogP contribution in [0, 0.1) is 10.1 Å². The monoisotopic (exact) mass is 556 g/mol. The summed E-state index contributed by atoms with van der Waals surface area (Å²) in [5.41, 5.74) is 0.556. The Labute approximate surface area is 225 Å². The molecule has 0 fully saturated rings. The second kappa shape index (κ2) is 10.2. The molecule has 2 aliphatic carbocycles. The fourth-order valence-electron chi connectivity index (χ4n) is 5.65. The molecule has 3 aliphatic rings. The zero-order valence-electron chi connectivity index (χ0n) is 21.0. The van der Waals surface area contributed by atoms with E-state index in [1.54, 1.807) is 17.0 Å². The van der Waals surface area contributed by atoms with Gasteiger partial charge in [-0.2, -0.15) is 13.2 Å².